The van der Waals surface area contributed by atoms with E-state index in [1.807, 2.05) is 25.1 Å². The molecule has 0 aliphatic carbocycles. The molecule has 0 spiro atoms. The lowest BCUT2D eigenvalue weighted by molar-refractivity contribution is 0.177. The Bertz CT molecular complexity index is 570. The fraction of sp³-hybridized carbons (Fsp3) is 0.294. The van der Waals surface area contributed by atoms with Crippen molar-refractivity contribution in [2.45, 2.75) is 33.3 Å². The summed E-state index contributed by atoms with van der Waals surface area (Å²) in [6, 6.07) is 12.2. The second-order valence-corrected chi connectivity index (χ2v) is 5.90. The van der Waals surface area contributed by atoms with Crippen LogP contribution in [0.4, 0.5) is 0 Å². The van der Waals surface area contributed by atoms with Crippen LogP contribution in [0, 0.1) is 20.8 Å². The number of hydrogen-bond donors (Lipinski definition) is 1. The van der Waals surface area contributed by atoms with E-state index in [-0.39, 0.29) is 0 Å². The minimum atomic E-state index is -0.461. The molecule has 2 aromatic carbocycles. The minimum Gasteiger partial charge on any atom is -0.388 e. The van der Waals surface area contributed by atoms with Crippen LogP contribution in [0.1, 0.15) is 33.9 Å². The standard InChI is InChI=1S/C17H19BrO/c1-11-6-4-7-12(2)15(11)10-17(19)14-8-5-9-16(18)13(14)3/h4-9,17,19H,10H2,1-3H3. The number of benzene rings is 2. The molecule has 1 unspecified atom stereocenters. The van der Waals surface area contributed by atoms with Gasteiger partial charge in [-0.1, -0.05) is 46.3 Å². The quantitative estimate of drug-likeness (QED) is 0.873. The maximum atomic E-state index is 10.5. The van der Waals surface area contributed by atoms with Gasteiger partial charge in [0.1, 0.15) is 0 Å². The van der Waals surface area contributed by atoms with Crippen molar-refractivity contribution < 1.29 is 5.11 Å². The van der Waals surface area contributed by atoms with Crippen LogP contribution in [0.15, 0.2) is 40.9 Å². The Morgan fingerprint density at radius 1 is 1.00 bits per heavy atom. The molecule has 1 atom stereocenters. The maximum Gasteiger partial charge on any atom is 0.0833 e. The molecule has 0 radical (unpaired) electrons. The lowest BCUT2D eigenvalue weighted by atomic mass is 9.93. The van der Waals surface area contributed by atoms with Crippen LogP contribution in [0.5, 0.6) is 0 Å². The van der Waals surface area contributed by atoms with Crippen LogP contribution in [-0.2, 0) is 6.42 Å². The number of aryl methyl sites for hydroxylation is 2. The van der Waals surface area contributed by atoms with Gasteiger partial charge in [0.15, 0.2) is 0 Å². The second-order valence-electron chi connectivity index (χ2n) is 5.04. The maximum absolute atomic E-state index is 10.5. The Morgan fingerprint density at radius 2 is 1.58 bits per heavy atom. The Labute approximate surface area is 123 Å². The molecule has 19 heavy (non-hydrogen) atoms. The molecule has 2 aromatic rings. The summed E-state index contributed by atoms with van der Waals surface area (Å²) in [7, 11) is 0. The third-order valence-corrected chi connectivity index (χ3v) is 4.57. The van der Waals surface area contributed by atoms with E-state index in [1.165, 1.54) is 16.7 Å². The molecule has 0 amide bonds. The van der Waals surface area contributed by atoms with Crippen LogP contribution >= 0.6 is 15.9 Å². The highest BCUT2D eigenvalue weighted by Crippen LogP contribution is 2.28. The van der Waals surface area contributed by atoms with Gasteiger partial charge < -0.3 is 5.11 Å². The molecule has 0 aliphatic rings. The predicted molar refractivity (Wildman–Crippen MR) is 83.5 cm³/mol. The van der Waals surface area contributed by atoms with Crippen molar-refractivity contribution in [2.24, 2.45) is 0 Å². The Morgan fingerprint density at radius 3 is 2.21 bits per heavy atom. The van der Waals surface area contributed by atoms with Crippen molar-refractivity contribution in [1.29, 1.82) is 0 Å². The van der Waals surface area contributed by atoms with Gasteiger partial charge in [-0.3, -0.25) is 0 Å². The van der Waals surface area contributed by atoms with Crippen molar-refractivity contribution in [3.05, 3.63) is 68.7 Å². The van der Waals surface area contributed by atoms with E-state index in [1.54, 1.807) is 0 Å². The average Bonchev–Trinajstić information content (AvgIpc) is 2.37. The fourth-order valence-electron chi connectivity index (χ4n) is 2.46. The molecule has 1 N–H and O–H groups in total. The Balaban J connectivity index is 2.31. The van der Waals surface area contributed by atoms with Gasteiger partial charge in [0.2, 0.25) is 0 Å². The summed E-state index contributed by atoms with van der Waals surface area (Å²) in [6.45, 7) is 6.24. The molecule has 0 fully saturated rings. The molecule has 0 saturated carbocycles. The second kappa shape index (κ2) is 5.89. The molecular weight excluding hydrogens is 300 g/mol. The smallest absolute Gasteiger partial charge is 0.0833 e. The van der Waals surface area contributed by atoms with E-state index in [9.17, 15) is 5.11 Å². The topological polar surface area (TPSA) is 20.2 Å². The lowest BCUT2D eigenvalue weighted by Crippen LogP contribution is -2.06. The zero-order valence-electron chi connectivity index (χ0n) is 11.6. The van der Waals surface area contributed by atoms with Crippen LogP contribution in [0.25, 0.3) is 0 Å². The Kier molecular flexibility index (Phi) is 4.43. The summed E-state index contributed by atoms with van der Waals surface area (Å²) in [6.07, 6.45) is 0.202. The number of halogens is 1. The molecule has 100 valence electrons. The number of aliphatic hydroxyl groups is 1. The van der Waals surface area contributed by atoms with E-state index in [4.69, 9.17) is 0 Å². The van der Waals surface area contributed by atoms with E-state index in [2.05, 4.69) is 48.0 Å². The first-order valence-corrected chi connectivity index (χ1v) is 7.28. The van der Waals surface area contributed by atoms with Crippen LogP contribution in [0.2, 0.25) is 0 Å². The van der Waals surface area contributed by atoms with Crippen molar-refractivity contribution in [2.75, 3.05) is 0 Å². The first kappa shape index (κ1) is 14.3. The van der Waals surface area contributed by atoms with Crippen molar-refractivity contribution in [3.8, 4) is 0 Å². The molecule has 0 heterocycles. The van der Waals surface area contributed by atoms with Gasteiger partial charge >= 0.3 is 0 Å². The van der Waals surface area contributed by atoms with E-state index < -0.39 is 6.10 Å². The number of hydrogen-bond acceptors (Lipinski definition) is 1. The summed E-state index contributed by atoms with van der Waals surface area (Å²) < 4.78 is 1.05. The fourth-order valence-corrected chi connectivity index (χ4v) is 2.84. The zero-order chi connectivity index (χ0) is 14.0. The molecule has 0 aliphatic heterocycles. The number of rotatable bonds is 3. The summed E-state index contributed by atoms with van der Waals surface area (Å²) in [5.74, 6) is 0. The molecule has 0 saturated heterocycles. The normalized spacial score (nSPS) is 12.5. The highest BCUT2D eigenvalue weighted by molar-refractivity contribution is 9.10. The average molecular weight is 319 g/mol. The summed E-state index contributed by atoms with van der Waals surface area (Å²) in [5, 5.41) is 10.5. The van der Waals surface area contributed by atoms with Crippen molar-refractivity contribution in [1.82, 2.24) is 0 Å². The van der Waals surface area contributed by atoms with Gasteiger partial charge in [-0.15, -0.1) is 0 Å². The van der Waals surface area contributed by atoms with E-state index >= 15 is 0 Å². The Hall–Kier alpha value is -1.12. The largest absolute Gasteiger partial charge is 0.388 e. The molecule has 2 heteroatoms. The van der Waals surface area contributed by atoms with Gasteiger partial charge in [-0.2, -0.15) is 0 Å². The minimum absolute atomic E-state index is 0.461. The van der Waals surface area contributed by atoms with Crippen LogP contribution in [0.3, 0.4) is 0 Å². The van der Waals surface area contributed by atoms with Gasteiger partial charge in [0.05, 0.1) is 6.10 Å². The third kappa shape index (κ3) is 3.07. The van der Waals surface area contributed by atoms with Crippen molar-refractivity contribution >= 4 is 15.9 Å². The van der Waals surface area contributed by atoms with Gasteiger partial charge in [0.25, 0.3) is 0 Å². The highest BCUT2D eigenvalue weighted by Gasteiger charge is 2.14. The molecule has 0 aromatic heterocycles. The first-order valence-electron chi connectivity index (χ1n) is 6.49. The first-order chi connectivity index (χ1) is 9.00. The van der Waals surface area contributed by atoms with Gasteiger partial charge in [-0.25, -0.2) is 0 Å². The highest BCUT2D eigenvalue weighted by atomic mass is 79.9. The molecule has 2 rings (SSSR count). The summed E-state index contributed by atoms with van der Waals surface area (Å²) in [5.41, 5.74) is 5.84. The molecular formula is C17H19BrO. The SMILES string of the molecule is Cc1cccc(C)c1CC(O)c1cccc(Br)c1C. The van der Waals surface area contributed by atoms with Gasteiger partial charge in [0, 0.05) is 10.9 Å². The molecule has 1 nitrogen and oxygen atoms in total. The lowest BCUT2D eigenvalue weighted by Gasteiger charge is -2.17. The van der Waals surface area contributed by atoms with E-state index in [0.29, 0.717) is 6.42 Å². The van der Waals surface area contributed by atoms with E-state index in [0.717, 1.165) is 15.6 Å². The zero-order valence-corrected chi connectivity index (χ0v) is 13.2. The monoisotopic (exact) mass is 318 g/mol. The van der Waals surface area contributed by atoms with Crippen LogP contribution in [-0.4, -0.2) is 5.11 Å². The van der Waals surface area contributed by atoms with Crippen LogP contribution < -0.4 is 0 Å². The summed E-state index contributed by atoms with van der Waals surface area (Å²) in [4.78, 5) is 0. The summed E-state index contributed by atoms with van der Waals surface area (Å²) >= 11 is 3.52. The number of aliphatic hydroxyl groups excluding tert-OH is 1. The predicted octanol–water partition coefficient (Wildman–Crippen LogP) is 4.65. The third-order valence-electron chi connectivity index (χ3n) is 3.71. The van der Waals surface area contributed by atoms with Gasteiger partial charge in [-0.05, 0) is 54.7 Å². The van der Waals surface area contributed by atoms with Crippen molar-refractivity contribution in [3.63, 3.8) is 0 Å². The molecule has 0 bridgehead atoms.